The molecule has 1 saturated heterocycles. The molecule has 0 aliphatic carbocycles. The number of ether oxygens (including phenoxy) is 2. The van der Waals surface area contributed by atoms with Crippen molar-refractivity contribution in [1.82, 2.24) is 5.32 Å². The number of amides is 1. The molecule has 1 aromatic carbocycles. The number of hydrogen-bond donors (Lipinski definition) is 3. The number of piperazine rings is 1. The monoisotopic (exact) mass is 393 g/mol. The SMILES string of the molecule is COc1ccc(C[NH+]2CC[NH+](CC(=O)N[C@@H](C)CCC(C)C)CC2)cc1OC. The first-order chi connectivity index (χ1) is 13.4. The molecule has 0 spiro atoms. The van der Waals surface area contributed by atoms with Gasteiger partial charge < -0.3 is 24.6 Å². The first-order valence-corrected chi connectivity index (χ1v) is 10.6. The molecule has 3 N–H and O–H groups in total. The lowest BCUT2D eigenvalue weighted by molar-refractivity contribution is -1.02. The van der Waals surface area contributed by atoms with Crippen LogP contribution in [0.2, 0.25) is 0 Å². The van der Waals surface area contributed by atoms with Crippen molar-refractivity contribution in [2.45, 2.75) is 46.2 Å². The van der Waals surface area contributed by atoms with Crippen molar-refractivity contribution >= 4 is 5.91 Å². The summed E-state index contributed by atoms with van der Waals surface area (Å²) in [6.45, 7) is 12.4. The maximum absolute atomic E-state index is 12.3. The van der Waals surface area contributed by atoms with Gasteiger partial charge in [-0.25, -0.2) is 0 Å². The molecule has 0 unspecified atom stereocenters. The molecule has 0 bridgehead atoms. The van der Waals surface area contributed by atoms with E-state index in [-0.39, 0.29) is 11.9 Å². The molecular formula is C22H39N3O3+2. The minimum Gasteiger partial charge on any atom is -0.493 e. The minimum atomic E-state index is 0.189. The summed E-state index contributed by atoms with van der Waals surface area (Å²) in [7, 11) is 3.33. The summed E-state index contributed by atoms with van der Waals surface area (Å²) in [4.78, 5) is 15.3. The summed E-state index contributed by atoms with van der Waals surface area (Å²) < 4.78 is 10.7. The summed E-state index contributed by atoms with van der Waals surface area (Å²) in [6.07, 6.45) is 2.22. The smallest absolute Gasteiger partial charge is 0.275 e. The van der Waals surface area contributed by atoms with Crippen LogP contribution in [0.15, 0.2) is 18.2 Å². The average Bonchev–Trinajstić information content (AvgIpc) is 2.67. The van der Waals surface area contributed by atoms with Crippen molar-refractivity contribution in [2.24, 2.45) is 5.92 Å². The van der Waals surface area contributed by atoms with Crippen LogP contribution in [0.25, 0.3) is 0 Å². The van der Waals surface area contributed by atoms with E-state index in [1.165, 1.54) is 10.5 Å². The third-order valence-corrected chi connectivity index (χ3v) is 5.56. The van der Waals surface area contributed by atoms with Crippen LogP contribution in [-0.2, 0) is 11.3 Å². The van der Waals surface area contributed by atoms with Crippen LogP contribution < -0.4 is 24.6 Å². The maximum atomic E-state index is 12.3. The lowest BCUT2D eigenvalue weighted by Crippen LogP contribution is -3.28. The topological polar surface area (TPSA) is 56.4 Å². The number of methoxy groups -OCH3 is 2. The molecule has 1 aliphatic rings. The standard InChI is InChI=1S/C22H37N3O3/c1-17(2)6-7-18(3)23-22(26)16-25-12-10-24(11-13-25)15-19-8-9-20(27-4)21(14-19)28-5/h8-9,14,17-18H,6-7,10-13,15-16H2,1-5H3,(H,23,26)/p+2/t18-/m0/s1. The fourth-order valence-corrected chi connectivity index (χ4v) is 3.80. The Labute approximate surface area is 170 Å². The molecular weight excluding hydrogens is 354 g/mol. The molecule has 1 amide bonds. The second kappa shape index (κ2) is 11.3. The van der Waals surface area contributed by atoms with Gasteiger partial charge in [-0.3, -0.25) is 4.79 Å². The first-order valence-electron chi connectivity index (χ1n) is 10.6. The van der Waals surface area contributed by atoms with Gasteiger partial charge >= 0.3 is 0 Å². The number of carbonyl (C=O) groups is 1. The van der Waals surface area contributed by atoms with Gasteiger partial charge in [-0.2, -0.15) is 0 Å². The van der Waals surface area contributed by atoms with E-state index in [4.69, 9.17) is 9.47 Å². The van der Waals surface area contributed by atoms with E-state index in [1.807, 2.05) is 6.07 Å². The molecule has 0 radical (unpaired) electrons. The van der Waals surface area contributed by atoms with Crippen molar-refractivity contribution in [3.05, 3.63) is 23.8 Å². The van der Waals surface area contributed by atoms with Crippen molar-refractivity contribution < 1.29 is 24.1 Å². The van der Waals surface area contributed by atoms with E-state index in [0.717, 1.165) is 57.1 Å². The highest BCUT2D eigenvalue weighted by Gasteiger charge is 2.25. The Hall–Kier alpha value is -1.79. The number of rotatable bonds is 10. The van der Waals surface area contributed by atoms with Crippen LogP contribution in [0, 0.1) is 5.92 Å². The predicted molar refractivity (Wildman–Crippen MR) is 111 cm³/mol. The summed E-state index contributed by atoms with van der Waals surface area (Å²) in [5.74, 6) is 2.43. The first kappa shape index (κ1) is 22.5. The van der Waals surface area contributed by atoms with Crippen LogP contribution in [-0.4, -0.2) is 58.9 Å². The van der Waals surface area contributed by atoms with E-state index in [9.17, 15) is 4.79 Å². The lowest BCUT2D eigenvalue weighted by atomic mass is 10.0. The van der Waals surface area contributed by atoms with Crippen LogP contribution >= 0.6 is 0 Å². The number of hydrogen-bond acceptors (Lipinski definition) is 3. The van der Waals surface area contributed by atoms with Gasteiger partial charge in [0, 0.05) is 11.6 Å². The highest BCUT2D eigenvalue weighted by Crippen LogP contribution is 2.27. The third kappa shape index (κ3) is 7.32. The Morgan fingerprint density at radius 1 is 1.00 bits per heavy atom. The summed E-state index contributed by atoms with van der Waals surface area (Å²) in [5, 5.41) is 3.16. The average molecular weight is 394 g/mol. The Balaban J connectivity index is 1.73. The molecule has 0 saturated carbocycles. The Morgan fingerprint density at radius 3 is 2.25 bits per heavy atom. The highest BCUT2D eigenvalue weighted by molar-refractivity contribution is 5.77. The van der Waals surface area contributed by atoms with Gasteiger partial charge in [-0.05, 0) is 43.9 Å². The largest absolute Gasteiger partial charge is 0.493 e. The molecule has 6 nitrogen and oxygen atoms in total. The van der Waals surface area contributed by atoms with Crippen molar-refractivity contribution in [3.8, 4) is 11.5 Å². The van der Waals surface area contributed by atoms with Crippen LogP contribution in [0.3, 0.4) is 0 Å². The summed E-state index contributed by atoms with van der Waals surface area (Å²) in [5.41, 5.74) is 1.26. The molecule has 1 heterocycles. The van der Waals surface area contributed by atoms with Gasteiger partial charge in [0.2, 0.25) is 0 Å². The van der Waals surface area contributed by atoms with E-state index in [2.05, 4.69) is 38.2 Å². The van der Waals surface area contributed by atoms with Crippen LogP contribution in [0.4, 0.5) is 0 Å². The minimum absolute atomic E-state index is 0.189. The highest BCUT2D eigenvalue weighted by atomic mass is 16.5. The van der Waals surface area contributed by atoms with Crippen molar-refractivity contribution in [1.29, 1.82) is 0 Å². The van der Waals surface area contributed by atoms with E-state index in [0.29, 0.717) is 12.5 Å². The van der Waals surface area contributed by atoms with Crippen LogP contribution in [0.1, 0.15) is 39.2 Å². The molecule has 1 fully saturated rings. The zero-order chi connectivity index (χ0) is 20.5. The van der Waals surface area contributed by atoms with Gasteiger partial charge in [0.05, 0.1) is 14.2 Å². The molecule has 28 heavy (non-hydrogen) atoms. The second-order valence-corrected chi connectivity index (χ2v) is 8.48. The van der Waals surface area contributed by atoms with E-state index >= 15 is 0 Å². The third-order valence-electron chi connectivity index (χ3n) is 5.56. The van der Waals surface area contributed by atoms with Crippen molar-refractivity contribution in [3.63, 3.8) is 0 Å². The van der Waals surface area contributed by atoms with Gasteiger partial charge in [0.1, 0.15) is 32.7 Å². The van der Waals surface area contributed by atoms with Gasteiger partial charge in [-0.15, -0.1) is 0 Å². The zero-order valence-electron chi connectivity index (χ0n) is 18.3. The molecule has 2 rings (SSSR count). The van der Waals surface area contributed by atoms with Crippen LogP contribution in [0.5, 0.6) is 11.5 Å². The molecule has 0 aromatic heterocycles. The normalized spacial score (nSPS) is 20.6. The summed E-state index contributed by atoms with van der Waals surface area (Å²) >= 11 is 0. The number of quaternary nitrogens is 2. The van der Waals surface area contributed by atoms with E-state index in [1.54, 1.807) is 19.1 Å². The Bertz CT molecular complexity index is 613. The number of carbonyl (C=O) groups excluding carboxylic acids is 1. The summed E-state index contributed by atoms with van der Waals surface area (Å²) in [6, 6.07) is 6.42. The number of benzene rings is 1. The zero-order valence-corrected chi connectivity index (χ0v) is 18.3. The van der Waals surface area contributed by atoms with Gasteiger partial charge in [0.15, 0.2) is 18.0 Å². The van der Waals surface area contributed by atoms with E-state index < -0.39 is 0 Å². The molecule has 1 atom stereocenters. The maximum Gasteiger partial charge on any atom is 0.275 e. The Kier molecular flexibility index (Phi) is 9.06. The fourth-order valence-electron chi connectivity index (χ4n) is 3.80. The molecule has 1 aliphatic heterocycles. The molecule has 158 valence electrons. The number of nitrogens with one attached hydrogen (secondary N) is 3. The van der Waals surface area contributed by atoms with Crippen molar-refractivity contribution in [2.75, 3.05) is 46.9 Å². The van der Waals surface area contributed by atoms with Gasteiger partial charge in [0.25, 0.3) is 5.91 Å². The predicted octanol–water partition coefficient (Wildman–Crippen LogP) is -0.0719. The molecule has 6 heteroatoms. The second-order valence-electron chi connectivity index (χ2n) is 8.48. The quantitative estimate of drug-likeness (QED) is 0.522. The molecule has 1 aromatic rings. The van der Waals surface area contributed by atoms with Gasteiger partial charge in [-0.1, -0.05) is 13.8 Å². The Morgan fingerprint density at radius 2 is 1.64 bits per heavy atom. The lowest BCUT2D eigenvalue weighted by Gasteiger charge is -2.29. The fraction of sp³-hybridized carbons (Fsp3) is 0.682.